The van der Waals surface area contributed by atoms with E-state index in [2.05, 4.69) is 0 Å². The number of benzene rings is 1. The standard InChI is InChI=1S/C13H15Cl2NO2/c1-9(13(17)16-6-2-3-7-16)18-12-8-10(14)4-5-11(12)15/h4-5,8-9H,2-3,6-7H2,1H3. The van der Waals surface area contributed by atoms with Crippen molar-refractivity contribution in [3.05, 3.63) is 28.2 Å². The van der Waals surface area contributed by atoms with Crippen molar-refractivity contribution in [3.8, 4) is 5.75 Å². The molecule has 1 aliphatic rings. The molecule has 1 saturated heterocycles. The molecule has 0 radical (unpaired) electrons. The van der Waals surface area contributed by atoms with Crippen LogP contribution < -0.4 is 4.74 Å². The Bertz CT molecular complexity index is 445. The van der Waals surface area contributed by atoms with Gasteiger partial charge in [-0.1, -0.05) is 23.2 Å². The van der Waals surface area contributed by atoms with Gasteiger partial charge in [0.1, 0.15) is 5.75 Å². The number of nitrogens with zero attached hydrogens (tertiary/aromatic N) is 1. The first-order valence-electron chi connectivity index (χ1n) is 5.98. The minimum absolute atomic E-state index is 0.00328. The van der Waals surface area contributed by atoms with Gasteiger partial charge in [-0.2, -0.15) is 0 Å². The summed E-state index contributed by atoms with van der Waals surface area (Å²) in [6.07, 6.45) is 1.59. The number of hydrogen-bond acceptors (Lipinski definition) is 2. The molecule has 18 heavy (non-hydrogen) atoms. The average Bonchev–Trinajstić information content (AvgIpc) is 2.86. The lowest BCUT2D eigenvalue weighted by Gasteiger charge is -2.21. The second-order valence-electron chi connectivity index (χ2n) is 4.37. The summed E-state index contributed by atoms with van der Waals surface area (Å²) in [7, 11) is 0. The third kappa shape index (κ3) is 3.09. The van der Waals surface area contributed by atoms with E-state index >= 15 is 0 Å². The van der Waals surface area contributed by atoms with Gasteiger partial charge in [0.25, 0.3) is 5.91 Å². The second kappa shape index (κ2) is 5.81. The van der Waals surface area contributed by atoms with Gasteiger partial charge in [-0.25, -0.2) is 0 Å². The van der Waals surface area contributed by atoms with Crippen LogP contribution in [-0.4, -0.2) is 30.0 Å². The first kappa shape index (κ1) is 13.5. The summed E-state index contributed by atoms with van der Waals surface area (Å²) in [5.74, 6) is 0.452. The largest absolute Gasteiger partial charge is 0.479 e. The molecule has 0 saturated carbocycles. The van der Waals surface area contributed by atoms with Crippen LogP contribution in [0.15, 0.2) is 18.2 Å². The summed E-state index contributed by atoms with van der Waals surface area (Å²) in [6, 6.07) is 4.97. The van der Waals surface area contributed by atoms with E-state index in [4.69, 9.17) is 27.9 Å². The second-order valence-corrected chi connectivity index (χ2v) is 5.21. The average molecular weight is 288 g/mol. The number of hydrogen-bond donors (Lipinski definition) is 0. The van der Waals surface area contributed by atoms with Crippen LogP contribution in [0.4, 0.5) is 0 Å². The van der Waals surface area contributed by atoms with E-state index in [-0.39, 0.29) is 5.91 Å². The van der Waals surface area contributed by atoms with Crippen molar-refractivity contribution in [2.45, 2.75) is 25.9 Å². The topological polar surface area (TPSA) is 29.5 Å². The fourth-order valence-electron chi connectivity index (χ4n) is 2.00. The van der Waals surface area contributed by atoms with Crippen molar-refractivity contribution in [2.24, 2.45) is 0 Å². The van der Waals surface area contributed by atoms with E-state index in [0.29, 0.717) is 15.8 Å². The maximum absolute atomic E-state index is 12.1. The summed E-state index contributed by atoms with van der Waals surface area (Å²) in [5, 5.41) is 0.996. The van der Waals surface area contributed by atoms with E-state index in [0.717, 1.165) is 25.9 Å². The van der Waals surface area contributed by atoms with Crippen molar-refractivity contribution in [1.82, 2.24) is 4.90 Å². The van der Waals surface area contributed by atoms with Gasteiger partial charge in [0.05, 0.1) is 5.02 Å². The SMILES string of the molecule is CC(Oc1cc(Cl)ccc1Cl)C(=O)N1CCCC1. The van der Waals surface area contributed by atoms with Crippen LogP contribution in [0.2, 0.25) is 10.0 Å². The fourth-order valence-corrected chi connectivity index (χ4v) is 2.33. The first-order chi connectivity index (χ1) is 8.58. The van der Waals surface area contributed by atoms with Gasteiger partial charge >= 0.3 is 0 Å². The molecule has 0 aromatic heterocycles. The molecule has 1 heterocycles. The van der Waals surface area contributed by atoms with E-state index < -0.39 is 6.10 Å². The monoisotopic (exact) mass is 287 g/mol. The zero-order valence-corrected chi connectivity index (χ0v) is 11.7. The van der Waals surface area contributed by atoms with E-state index in [1.54, 1.807) is 25.1 Å². The molecule has 1 amide bonds. The number of likely N-dealkylation sites (tertiary alicyclic amines) is 1. The van der Waals surface area contributed by atoms with Crippen molar-refractivity contribution in [2.75, 3.05) is 13.1 Å². The predicted octanol–water partition coefficient (Wildman–Crippen LogP) is 3.38. The van der Waals surface area contributed by atoms with Crippen molar-refractivity contribution in [1.29, 1.82) is 0 Å². The Morgan fingerprint density at radius 3 is 2.67 bits per heavy atom. The molecule has 1 aromatic carbocycles. The molecule has 2 rings (SSSR count). The lowest BCUT2D eigenvalue weighted by molar-refractivity contribution is -0.136. The van der Waals surface area contributed by atoms with Crippen LogP contribution in [0.3, 0.4) is 0 Å². The zero-order valence-electron chi connectivity index (χ0n) is 10.2. The van der Waals surface area contributed by atoms with E-state index in [9.17, 15) is 4.79 Å². The lowest BCUT2D eigenvalue weighted by atomic mass is 10.3. The molecule has 3 nitrogen and oxygen atoms in total. The van der Waals surface area contributed by atoms with Crippen LogP contribution in [-0.2, 0) is 4.79 Å². The minimum atomic E-state index is -0.543. The number of carbonyl (C=O) groups is 1. The third-order valence-corrected chi connectivity index (χ3v) is 3.51. The molecule has 0 N–H and O–H groups in total. The van der Waals surface area contributed by atoms with E-state index in [1.165, 1.54) is 0 Å². The van der Waals surface area contributed by atoms with Crippen LogP contribution >= 0.6 is 23.2 Å². The maximum atomic E-state index is 12.1. The molecule has 1 aromatic rings. The Balaban J connectivity index is 2.03. The van der Waals surface area contributed by atoms with E-state index in [1.807, 2.05) is 4.90 Å². The molecule has 1 atom stereocenters. The van der Waals surface area contributed by atoms with Crippen LogP contribution in [0, 0.1) is 0 Å². The van der Waals surface area contributed by atoms with Gasteiger partial charge in [-0.15, -0.1) is 0 Å². The summed E-state index contributed by atoms with van der Waals surface area (Å²) in [4.78, 5) is 13.9. The summed E-state index contributed by atoms with van der Waals surface area (Å²) < 4.78 is 5.59. The number of rotatable bonds is 3. The number of carbonyl (C=O) groups excluding carboxylic acids is 1. The lowest BCUT2D eigenvalue weighted by Crippen LogP contribution is -2.38. The quantitative estimate of drug-likeness (QED) is 0.853. The number of amides is 1. The Labute approximate surface area is 117 Å². The van der Waals surface area contributed by atoms with Gasteiger partial charge < -0.3 is 9.64 Å². The van der Waals surface area contributed by atoms with Gasteiger partial charge in [-0.3, -0.25) is 4.79 Å². The molecule has 1 unspecified atom stereocenters. The van der Waals surface area contributed by atoms with Crippen LogP contribution in [0.5, 0.6) is 5.75 Å². The molecule has 1 aliphatic heterocycles. The Hall–Kier alpha value is -0.930. The highest BCUT2D eigenvalue weighted by Crippen LogP contribution is 2.28. The maximum Gasteiger partial charge on any atom is 0.263 e. The Morgan fingerprint density at radius 1 is 1.33 bits per heavy atom. The molecule has 0 bridgehead atoms. The Morgan fingerprint density at radius 2 is 2.00 bits per heavy atom. The molecule has 98 valence electrons. The molecule has 5 heteroatoms. The normalized spacial score (nSPS) is 16.7. The van der Waals surface area contributed by atoms with Crippen molar-refractivity contribution < 1.29 is 9.53 Å². The highest BCUT2D eigenvalue weighted by molar-refractivity contribution is 6.34. The predicted molar refractivity (Wildman–Crippen MR) is 72.4 cm³/mol. The summed E-state index contributed by atoms with van der Waals surface area (Å²) in [6.45, 7) is 3.36. The fraction of sp³-hybridized carbons (Fsp3) is 0.462. The summed E-state index contributed by atoms with van der Waals surface area (Å²) >= 11 is 11.9. The van der Waals surface area contributed by atoms with Gasteiger partial charge in [-0.05, 0) is 31.9 Å². The molecular weight excluding hydrogens is 273 g/mol. The van der Waals surface area contributed by atoms with Crippen LogP contribution in [0.1, 0.15) is 19.8 Å². The van der Waals surface area contributed by atoms with Crippen molar-refractivity contribution in [3.63, 3.8) is 0 Å². The number of ether oxygens (including phenoxy) is 1. The molecular formula is C13H15Cl2NO2. The zero-order chi connectivity index (χ0) is 13.1. The molecule has 1 fully saturated rings. The molecule has 0 spiro atoms. The minimum Gasteiger partial charge on any atom is -0.479 e. The third-order valence-electron chi connectivity index (χ3n) is 2.96. The number of halogens is 2. The smallest absolute Gasteiger partial charge is 0.263 e. The Kier molecular flexibility index (Phi) is 4.36. The van der Waals surface area contributed by atoms with Gasteiger partial charge in [0.15, 0.2) is 6.10 Å². The van der Waals surface area contributed by atoms with Crippen molar-refractivity contribution >= 4 is 29.1 Å². The van der Waals surface area contributed by atoms with Crippen LogP contribution in [0.25, 0.3) is 0 Å². The summed E-state index contributed by atoms with van der Waals surface area (Å²) in [5.41, 5.74) is 0. The highest BCUT2D eigenvalue weighted by Gasteiger charge is 2.24. The van der Waals surface area contributed by atoms with Gasteiger partial charge in [0.2, 0.25) is 0 Å². The first-order valence-corrected chi connectivity index (χ1v) is 6.74. The highest BCUT2D eigenvalue weighted by atomic mass is 35.5. The molecule has 0 aliphatic carbocycles. The van der Waals surface area contributed by atoms with Gasteiger partial charge in [0, 0.05) is 24.2 Å².